The molecule has 2 aliphatic heterocycles. The molecule has 2 fully saturated rings. The van der Waals surface area contributed by atoms with Gasteiger partial charge in [-0.05, 0) is 12.8 Å². The van der Waals surface area contributed by atoms with Crippen LogP contribution in [0.4, 0.5) is 0 Å². The minimum absolute atomic E-state index is 0.0123. The number of hydrogen-bond acceptors (Lipinski definition) is 5. The molecule has 0 aromatic rings. The molecule has 2 heterocycles. The first-order valence-electron chi connectivity index (χ1n) is 7.31. The van der Waals surface area contributed by atoms with Gasteiger partial charge in [-0.15, -0.1) is 0 Å². The van der Waals surface area contributed by atoms with Crippen molar-refractivity contribution in [3.8, 4) is 0 Å². The van der Waals surface area contributed by atoms with Crippen LogP contribution in [-0.2, 0) is 14.6 Å². The minimum atomic E-state index is -3.00. The van der Waals surface area contributed by atoms with Crippen LogP contribution in [0, 0.1) is 5.92 Å². The normalized spacial score (nSPS) is 28.5. The van der Waals surface area contributed by atoms with Crippen LogP contribution in [0.2, 0.25) is 0 Å². The average Bonchev–Trinajstić information content (AvgIpc) is 2.79. The van der Waals surface area contributed by atoms with Crippen molar-refractivity contribution in [2.24, 2.45) is 5.92 Å². The zero-order valence-electron chi connectivity index (χ0n) is 12.0. The third kappa shape index (κ3) is 3.93. The summed E-state index contributed by atoms with van der Waals surface area (Å²) in [5.74, 6) is -0.193. The number of hydrogen-bond donors (Lipinski definition) is 1. The van der Waals surface area contributed by atoms with Gasteiger partial charge in [-0.1, -0.05) is 6.92 Å². The van der Waals surface area contributed by atoms with Gasteiger partial charge < -0.3 is 10.0 Å². The molecule has 7 heteroatoms. The number of carbonyl (C=O) groups is 1. The molecule has 0 radical (unpaired) electrons. The fourth-order valence-corrected chi connectivity index (χ4v) is 4.56. The Labute approximate surface area is 120 Å². The van der Waals surface area contributed by atoms with Crippen molar-refractivity contribution < 1.29 is 18.3 Å². The maximum atomic E-state index is 12.3. The number of piperazine rings is 1. The van der Waals surface area contributed by atoms with Gasteiger partial charge >= 0.3 is 0 Å². The monoisotopic (exact) mass is 304 g/mol. The molecule has 116 valence electrons. The molecule has 0 spiro atoms. The molecular weight excluding hydrogens is 280 g/mol. The zero-order chi connectivity index (χ0) is 14.8. The summed E-state index contributed by atoms with van der Waals surface area (Å²) < 4.78 is 22.9. The molecule has 6 nitrogen and oxygen atoms in total. The number of sulfone groups is 1. The van der Waals surface area contributed by atoms with Crippen molar-refractivity contribution >= 4 is 15.7 Å². The van der Waals surface area contributed by atoms with Crippen molar-refractivity contribution in [2.45, 2.75) is 25.9 Å². The first-order valence-corrected chi connectivity index (χ1v) is 9.13. The number of carbonyl (C=O) groups excluding carboxylic acids is 1. The van der Waals surface area contributed by atoms with E-state index >= 15 is 0 Å². The molecule has 0 aromatic carbocycles. The lowest BCUT2D eigenvalue weighted by Crippen LogP contribution is -2.51. The van der Waals surface area contributed by atoms with Crippen LogP contribution in [0.3, 0.4) is 0 Å². The maximum absolute atomic E-state index is 12.3. The molecule has 0 bridgehead atoms. The van der Waals surface area contributed by atoms with Crippen LogP contribution in [0.5, 0.6) is 0 Å². The van der Waals surface area contributed by atoms with Crippen molar-refractivity contribution in [3.63, 3.8) is 0 Å². The van der Waals surface area contributed by atoms with Gasteiger partial charge in [0.2, 0.25) is 5.91 Å². The van der Waals surface area contributed by atoms with E-state index in [0.717, 1.165) is 19.5 Å². The van der Waals surface area contributed by atoms with Crippen LogP contribution in [0.25, 0.3) is 0 Å². The number of rotatable bonds is 4. The van der Waals surface area contributed by atoms with E-state index in [9.17, 15) is 18.3 Å². The Morgan fingerprint density at radius 1 is 1.30 bits per heavy atom. The van der Waals surface area contributed by atoms with Crippen molar-refractivity contribution in [1.82, 2.24) is 9.80 Å². The maximum Gasteiger partial charge on any atom is 0.226 e. The highest BCUT2D eigenvalue weighted by Gasteiger charge is 2.36. The van der Waals surface area contributed by atoms with E-state index in [2.05, 4.69) is 4.90 Å². The van der Waals surface area contributed by atoms with E-state index in [0.29, 0.717) is 26.1 Å². The van der Waals surface area contributed by atoms with Crippen molar-refractivity contribution in [3.05, 3.63) is 0 Å². The summed E-state index contributed by atoms with van der Waals surface area (Å²) >= 11 is 0. The molecule has 0 aliphatic carbocycles. The Kier molecular flexibility index (Phi) is 5.04. The zero-order valence-corrected chi connectivity index (χ0v) is 12.8. The van der Waals surface area contributed by atoms with Gasteiger partial charge in [0.1, 0.15) is 0 Å². The van der Waals surface area contributed by atoms with Crippen LogP contribution in [-0.4, -0.2) is 79.6 Å². The average molecular weight is 304 g/mol. The van der Waals surface area contributed by atoms with Crippen molar-refractivity contribution in [2.75, 3.05) is 44.2 Å². The Bertz CT molecular complexity index is 443. The molecule has 1 N–H and O–H groups in total. The summed E-state index contributed by atoms with van der Waals surface area (Å²) in [4.78, 5) is 16.2. The third-order valence-electron chi connectivity index (χ3n) is 4.21. The molecule has 20 heavy (non-hydrogen) atoms. The number of aliphatic hydroxyl groups excluding tert-OH is 1. The van der Waals surface area contributed by atoms with E-state index in [1.54, 1.807) is 4.90 Å². The summed E-state index contributed by atoms with van der Waals surface area (Å²) in [6, 6.07) is 0. The lowest BCUT2D eigenvalue weighted by molar-refractivity contribution is -0.136. The van der Waals surface area contributed by atoms with Gasteiger partial charge in [0.05, 0.1) is 23.5 Å². The van der Waals surface area contributed by atoms with Crippen LogP contribution in [0.15, 0.2) is 0 Å². The lowest BCUT2D eigenvalue weighted by Gasteiger charge is -2.36. The molecule has 2 saturated heterocycles. The summed E-state index contributed by atoms with van der Waals surface area (Å²) in [6.07, 6.45) is 0.895. The van der Waals surface area contributed by atoms with Crippen LogP contribution >= 0.6 is 0 Å². The first-order chi connectivity index (χ1) is 9.41. The highest BCUT2D eigenvalue weighted by Crippen LogP contribution is 2.21. The second kappa shape index (κ2) is 6.41. The van der Waals surface area contributed by atoms with Crippen molar-refractivity contribution in [1.29, 1.82) is 0 Å². The lowest BCUT2D eigenvalue weighted by atomic mass is 10.1. The number of nitrogens with zero attached hydrogens (tertiary/aromatic N) is 2. The molecule has 2 aliphatic rings. The highest BCUT2D eigenvalue weighted by atomic mass is 32.2. The Balaban J connectivity index is 1.80. The quantitative estimate of drug-likeness (QED) is 0.746. The van der Waals surface area contributed by atoms with E-state index in [-0.39, 0.29) is 29.4 Å². The van der Waals surface area contributed by atoms with E-state index < -0.39 is 9.84 Å². The van der Waals surface area contributed by atoms with Gasteiger partial charge in [-0.2, -0.15) is 0 Å². The largest absolute Gasteiger partial charge is 0.392 e. The predicted molar refractivity (Wildman–Crippen MR) is 76.1 cm³/mol. The topological polar surface area (TPSA) is 77.9 Å². The third-order valence-corrected chi connectivity index (χ3v) is 5.97. The standard InChI is InChI=1S/C13H24N2O4S/c1-2-12(16)9-14-4-6-15(7-5-14)13(17)11-3-8-20(18,19)10-11/h11-12,16H,2-10H2,1H3/t11-,12+/m1/s1. The molecule has 2 rings (SSSR count). The Hall–Kier alpha value is -0.660. The van der Waals surface area contributed by atoms with Crippen LogP contribution < -0.4 is 0 Å². The summed E-state index contributed by atoms with van der Waals surface area (Å²) in [5, 5.41) is 9.63. The highest BCUT2D eigenvalue weighted by molar-refractivity contribution is 7.91. The fourth-order valence-electron chi connectivity index (χ4n) is 2.83. The van der Waals surface area contributed by atoms with Gasteiger partial charge in [0.15, 0.2) is 9.84 Å². The molecule has 0 unspecified atom stereocenters. The molecular formula is C13H24N2O4S. The first kappa shape index (κ1) is 15.7. The number of β-amino-alcohol motifs (C(OH)–C–C–N with tert-alkyl or cyclic N) is 1. The van der Waals surface area contributed by atoms with E-state index in [1.807, 2.05) is 6.92 Å². The van der Waals surface area contributed by atoms with Gasteiger partial charge in [0, 0.05) is 32.7 Å². The van der Waals surface area contributed by atoms with E-state index in [1.165, 1.54) is 0 Å². The summed E-state index contributed by atoms with van der Waals surface area (Å²) in [7, 11) is -3.00. The fraction of sp³-hybridized carbons (Fsp3) is 0.923. The van der Waals surface area contributed by atoms with E-state index in [4.69, 9.17) is 0 Å². The van der Waals surface area contributed by atoms with Crippen LogP contribution in [0.1, 0.15) is 19.8 Å². The van der Waals surface area contributed by atoms with Gasteiger partial charge in [0.25, 0.3) is 0 Å². The smallest absolute Gasteiger partial charge is 0.226 e. The summed E-state index contributed by atoms with van der Waals surface area (Å²) in [5.41, 5.74) is 0. The molecule has 0 saturated carbocycles. The second-order valence-corrected chi connectivity index (χ2v) is 8.02. The van der Waals surface area contributed by atoms with Gasteiger partial charge in [-0.25, -0.2) is 8.42 Å². The predicted octanol–water partition coefficient (Wildman–Crippen LogP) is -0.664. The Morgan fingerprint density at radius 2 is 1.95 bits per heavy atom. The summed E-state index contributed by atoms with van der Waals surface area (Å²) in [6.45, 7) is 5.36. The van der Waals surface area contributed by atoms with Gasteiger partial charge in [-0.3, -0.25) is 9.69 Å². The Morgan fingerprint density at radius 3 is 2.45 bits per heavy atom. The molecule has 2 atom stereocenters. The second-order valence-electron chi connectivity index (χ2n) is 5.79. The molecule has 1 amide bonds. The molecule has 0 aromatic heterocycles. The SMILES string of the molecule is CC[C@H](O)CN1CCN(C(=O)[C@@H]2CCS(=O)(=O)C2)CC1. The minimum Gasteiger partial charge on any atom is -0.392 e. The number of aliphatic hydroxyl groups is 1. The number of amides is 1.